The van der Waals surface area contributed by atoms with E-state index in [1.165, 1.54) is 31.3 Å². The summed E-state index contributed by atoms with van der Waals surface area (Å²) in [5.74, 6) is -0.00639. The predicted octanol–water partition coefficient (Wildman–Crippen LogP) is 5.54. The van der Waals surface area contributed by atoms with Crippen molar-refractivity contribution in [3.8, 4) is 5.75 Å². The van der Waals surface area contributed by atoms with Crippen LogP contribution in [0.4, 0.5) is 18.9 Å². The molecule has 4 rings (SSSR count). The van der Waals surface area contributed by atoms with Gasteiger partial charge in [0.2, 0.25) is 6.10 Å². The monoisotopic (exact) mass is 575 g/mol. The lowest BCUT2D eigenvalue weighted by molar-refractivity contribution is -0.274. The number of hydrogen-bond donors (Lipinski definition) is 2. The standard InChI is InChI=1S/C29H32F3N3O4S/c1-35-28(34)40-24-16-23(36-17-19-8-4-2-5-9-19)25(37-18-20-10-6-3-7-11-20)26(39-24)27(29(30,31)32)38-22-14-12-21(33)13-15-22/h2-15,23-27H,16-18,33H2,1H3,(H2,34,35)/t23?,24-,25+,26?,27?/m1/s1. The lowest BCUT2D eigenvalue weighted by atomic mass is 9.96. The Kier molecular flexibility index (Phi) is 10.3. The summed E-state index contributed by atoms with van der Waals surface area (Å²) in [6.07, 6.45) is -10.4. The molecular weight excluding hydrogens is 543 g/mol. The molecule has 0 spiro atoms. The second kappa shape index (κ2) is 13.9. The highest BCUT2D eigenvalue weighted by atomic mass is 32.2. The Morgan fingerprint density at radius 1 is 0.950 bits per heavy atom. The third-order valence-electron chi connectivity index (χ3n) is 6.25. The van der Waals surface area contributed by atoms with E-state index in [1.807, 2.05) is 60.7 Å². The molecule has 1 heterocycles. The van der Waals surface area contributed by atoms with Crippen molar-refractivity contribution in [1.82, 2.24) is 0 Å². The highest BCUT2D eigenvalue weighted by Gasteiger charge is 2.55. The Morgan fingerprint density at radius 2 is 1.52 bits per heavy atom. The molecule has 0 amide bonds. The summed E-state index contributed by atoms with van der Waals surface area (Å²) in [6, 6.07) is 24.3. The van der Waals surface area contributed by atoms with E-state index in [1.54, 1.807) is 0 Å². The van der Waals surface area contributed by atoms with Crippen LogP contribution in [-0.4, -0.2) is 48.2 Å². The van der Waals surface area contributed by atoms with Gasteiger partial charge in [0.15, 0.2) is 5.17 Å². The topological polar surface area (TPSA) is 101 Å². The molecule has 1 aliphatic heterocycles. The minimum absolute atomic E-state index is 0.00639. The summed E-state index contributed by atoms with van der Waals surface area (Å²) >= 11 is 1.03. The highest BCUT2D eigenvalue weighted by molar-refractivity contribution is 8.14. The zero-order chi connectivity index (χ0) is 28.5. The van der Waals surface area contributed by atoms with E-state index in [2.05, 4.69) is 4.99 Å². The van der Waals surface area contributed by atoms with Gasteiger partial charge in [-0.25, -0.2) is 0 Å². The van der Waals surface area contributed by atoms with Crippen molar-refractivity contribution < 1.29 is 32.1 Å². The Bertz CT molecular complexity index is 1220. The summed E-state index contributed by atoms with van der Waals surface area (Å²) in [5, 5.41) is 0.178. The minimum atomic E-state index is -4.80. The first-order chi connectivity index (χ1) is 19.2. The normalized spacial score (nSPS) is 22.6. The molecule has 1 aliphatic rings. The Morgan fingerprint density at radius 3 is 2.08 bits per heavy atom. The summed E-state index contributed by atoms with van der Waals surface area (Å²) < 4.78 is 68.0. The molecule has 1 fully saturated rings. The number of halogens is 3. The molecule has 214 valence electrons. The minimum Gasteiger partial charge on any atom is -0.478 e. The lowest BCUT2D eigenvalue weighted by Gasteiger charge is -2.44. The highest BCUT2D eigenvalue weighted by Crippen LogP contribution is 2.39. The van der Waals surface area contributed by atoms with Crippen LogP contribution in [0, 0.1) is 0 Å². The second-order valence-corrected chi connectivity index (χ2v) is 10.4. The van der Waals surface area contributed by atoms with Crippen LogP contribution < -0.4 is 16.2 Å². The second-order valence-electron chi connectivity index (χ2n) is 9.19. The van der Waals surface area contributed by atoms with Gasteiger partial charge in [-0.2, -0.15) is 13.2 Å². The molecule has 5 atom stereocenters. The number of amidine groups is 1. The Balaban J connectivity index is 1.68. The number of benzene rings is 3. The van der Waals surface area contributed by atoms with Gasteiger partial charge in [-0.3, -0.25) is 4.99 Å². The summed E-state index contributed by atoms with van der Waals surface area (Å²) in [4.78, 5) is 3.93. The molecular formula is C29H32F3N3O4S. The molecule has 11 heteroatoms. The van der Waals surface area contributed by atoms with E-state index in [9.17, 15) is 13.2 Å². The molecule has 1 saturated heterocycles. The molecule has 0 aliphatic carbocycles. The number of ether oxygens (including phenoxy) is 4. The van der Waals surface area contributed by atoms with E-state index in [0.717, 1.165) is 22.9 Å². The third kappa shape index (κ3) is 8.37. The average molecular weight is 576 g/mol. The van der Waals surface area contributed by atoms with Crippen molar-refractivity contribution in [3.63, 3.8) is 0 Å². The van der Waals surface area contributed by atoms with Crippen LogP contribution in [0.2, 0.25) is 0 Å². The number of alkyl halides is 3. The zero-order valence-corrected chi connectivity index (χ0v) is 22.7. The molecule has 3 aromatic rings. The summed E-state index contributed by atoms with van der Waals surface area (Å²) in [6.45, 7) is 0.229. The van der Waals surface area contributed by atoms with Gasteiger partial charge in [0.25, 0.3) is 0 Å². The third-order valence-corrected chi connectivity index (χ3v) is 7.24. The summed E-state index contributed by atoms with van der Waals surface area (Å²) in [5.41, 5.74) is 12.9. The molecule has 40 heavy (non-hydrogen) atoms. The fraction of sp³-hybridized carbons (Fsp3) is 0.345. The van der Waals surface area contributed by atoms with E-state index >= 15 is 0 Å². The van der Waals surface area contributed by atoms with Gasteiger partial charge in [-0.05, 0) is 35.4 Å². The summed E-state index contributed by atoms with van der Waals surface area (Å²) in [7, 11) is 1.50. The lowest BCUT2D eigenvalue weighted by Crippen LogP contribution is -2.60. The smallest absolute Gasteiger partial charge is 0.428 e. The van der Waals surface area contributed by atoms with Gasteiger partial charge in [0.1, 0.15) is 23.4 Å². The number of nitrogen functional groups attached to an aromatic ring is 1. The van der Waals surface area contributed by atoms with Crippen molar-refractivity contribution in [2.24, 2.45) is 10.7 Å². The molecule has 0 aromatic heterocycles. The number of anilines is 1. The fourth-order valence-corrected chi connectivity index (χ4v) is 5.12. The quantitative estimate of drug-likeness (QED) is 0.186. The van der Waals surface area contributed by atoms with Crippen LogP contribution in [0.25, 0.3) is 0 Å². The van der Waals surface area contributed by atoms with E-state index in [4.69, 9.17) is 30.4 Å². The number of aliphatic imine (C=N–C) groups is 1. The van der Waals surface area contributed by atoms with Gasteiger partial charge in [-0.1, -0.05) is 72.4 Å². The van der Waals surface area contributed by atoms with Crippen LogP contribution >= 0.6 is 11.8 Å². The van der Waals surface area contributed by atoms with Gasteiger partial charge >= 0.3 is 6.18 Å². The van der Waals surface area contributed by atoms with Gasteiger partial charge in [-0.15, -0.1) is 0 Å². The molecule has 4 N–H and O–H groups in total. The zero-order valence-electron chi connectivity index (χ0n) is 21.9. The maximum Gasteiger partial charge on any atom is 0.428 e. The molecule has 7 nitrogen and oxygen atoms in total. The van der Waals surface area contributed by atoms with Crippen molar-refractivity contribution in [1.29, 1.82) is 0 Å². The number of rotatable bonds is 10. The molecule has 3 unspecified atom stereocenters. The van der Waals surface area contributed by atoms with Crippen molar-refractivity contribution in [3.05, 3.63) is 96.1 Å². The van der Waals surface area contributed by atoms with Crippen molar-refractivity contribution in [2.45, 2.75) is 55.7 Å². The molecule has 0 saturated carbocycles. The van der Waals surface area contributed by atoms with E-state index in [0.29, 0.717) is 5.69 Å². The molecule has 0 bridgehead atoms. The van der Waals surface area contributed by atoms with Crippen LogP contribution in [-0.2, 0) is 27.4 Å². The fourth-order valence-electron chi connectivity index (χ4n) is 4.27. The Hall–Kier alpha value is -3.25. The van der Waals surface area contributed by atoms with Crippen LogP contribution in [0.5, 0.6) is 5.75 Å². The number of hydrogen-bond acceptors (Lipinski definition) is 7. The van der Waals surface area contributed by atoms with E-state index in [-0.39, 0.29) is 30.6 Å². The van der Waals surface area contributed by atoms with Gasteiger partial charge < -0.3 is 30.4 Å². The molecule has 3 aromatic carbocycles. The maximum atomic E-state index is 14.7. The number of thioether (sulfide) groups is 1. The maximum absolute atomic E-state index is 14.7. The van der Waals surface area contributed by atoms with E-state index < -0.39 is 36.0 Å². The molecule has 0 radical (unpaired) electrons. The SMILES string of the molecule is CN=C(N)S[C@@H]1CC(OCc2ccccc2)[C@H](OCc2ccccc2)C(C(Oc2ccc(N)cc2)C(F)(F)F)O1. The average Bonchev–Trinajstić information content (AvgIpc) is 2.95. The van der Waals surface area contributed by atoms with Crippen molar-refractivity contribution >= 4 is 22.6 Å². The first-order valence-electron chi connectivity index (χ1n) is 12.7. The predicted molar refractivity (Wildman–Crippen MR) is 150 cm³/mol. The first-order valence-corrected chi connectivity index (χ1v) is 13.5. The largest absolute Gasteiger partial charge is 0.478 e. The van der Waals surface area contributed by atoms with Crippen LogP contribution in [0.3, 0.4) is 0 Å². The van der Waals surface area contributed by atoms with Gasteiger partial charge in [0.05, 0.1) is 19.3 Å². The number of nitrogens with two attached hydrogens (primary N) is 2. The van der Waals surface area contributed by atoms with Crippen molar-refractivity contribution in [2.75, 3.05) is 12.8 Å². The first kappa shape index (κ1) is 29.7. The van der Waals surface area contributed by atoms with Crippen LogP contribution in [0.1, 0.15) is 17.5 Å². The Labute approximate surface area is 235 Å². The van der Waals surface area contributed by atoms with Gasteiger partial charge in [0, 0.05) is 19.2 Å². The number of nitrogens with zero attached hydrogens (tertiary/aromatic N) is 1. The van der Waals surface area contributed by atoms with Crippen LogP contribution in [0.15, 0.2) is 89.9 Å².